The molecule has 0 unspecified atom stereocenters. The second-order valence-corrected chi connectivity index (χ2v) is 5.15. The highest BCUT2D eigenvalue weighted by Crippen LogP contribution is 2.33. The Kier molecular flexibility index (Phi) is 5.07. The van der Waals surface area contributed by atoms with E-state index in [9.17, 15) is 0 Å². The molecule has 0 aliphatic heterocycles. The van der Waals surface area contributed by atoms with Crippen molar-refractivity contribution in [2.75, 3.05) is 12.5 Å². The largest absolute Gasteiger partial charge is 0.495 e. The molecular formula is C14H14BrClN2O. The molecule has 0 saturated heterocycles. The van der Waals surface area contributed by atoms with E-state index in [0.29, 0.717) is 11.6 Å². The molecule has 2 rings (SSSR count). The summed E-state index contributed by atoms with van der Waals surface area (Å²) in [6, 6.07) is 13.6. The van der Waals surface area contributed by atoms with Gasteiger partial charge < -0.3 is 10.2 Å². The molecule has 0 aliphatic carbocycles. The highest BCUT2D eigenvalue weighted by atomic mass is 79.9. The van der Waals surface area contributed by atoms with Crippen LogP contribution in [-0.4, -0.2) is 7.11 Å². The van der Waals surface area contributed by atoms with Gasteiger partial charge in [-0.3, -0.25) is 0 Å². The zero-order valence-corrected chi connectivity index (χ0v) is 12.8. The Morgan fingerprint density at radius 1 is 1.16 bits per heavy atom. The van der Waals surface area contributed by atoms with E-state index in [2.05, 4.69) is 26.8 Å². The summed E-state index contributed by atoms with van der Waals surface area (Å²) in [4.78, 5) is 0. The molecule has 0 spiro atoms. The summed E-state index contributed by atoms with van der Waals surface area (Å²) in [5, 5.41) is 0.669. The van der Waals surface area contributed by atoms with Crippen LogP contribution in [0.5, 0.6) is 5.75 Å². The van der Waals surface area contributed by atoms with Gasteiger partial charge in [-0.1, -0.05) is 29.8 Å². The molecule has 0 aliphatic rings. The van der Waals surface area contributed by atoms with Crippen molar-refractivity contribution in [1.82, 2.24) is 5.43 Å². The molecule has 0 atom stereocenters. The number of hydrogen-bond acceptors (Lipinski definition) is 3. The molecule has 5 heteroatoms. The number of rotatable bonds is 5. The molecule has 3 nitrogen and oxygen atoms in total. The quantitative estimate of drug-likeness (QED) is 0.799. The SMILES string of the molecule is COc1c(Br)ccc(Cl)c1CNNc1ccccc1. The molecule has 0 bridgehead atoms. The Labute approximate surface area is 126 Å². The lowest BCUT2D eigenvalue weighted by molar-refractivity contribution is 0.406. The number of nitrogens with one attached hydrogen (secondary N) is 2. The lowest BCUT2D eigenvalue weighted by Gasteiger charge is -2.14. The lowest BCUT2D eigenvalue weighted by atomic mass is 10.2. The predicted octanol–water partition coefficient (Wildman–Crippen LogP) is 4.23. The number of hydrogen-bond donors (Lipinski definition) is 2. The van der Waals surface area contributed by atoms with Gasteiger partial charge in [-0.05, 0) is 40.2 Å². The van der Waals surface area contributed by atoms with Gasteiger partial charge in [0, 0.05) is 22.8 Å². The van der Waals surface area contributed by atoms with Gasteiger partial charge in [0.2, 0.25) is 0 Å². The molecule has 2 aromatic rings. The first kappa shape index (κ1) is 14.2. The Morgan fingerprint density at radius 3 is 2.58 bits per heavy atom. The average molecular weight is 342 g/mol. The average Bonchev–Trinajstić information content (AvgIpc) is 2.44. The van der Waals surface area contributed by atoms with Crippen LogP contribution in [-0.2, 0) is 6.54 Å². The van der Waals surface area contributed by atoms with Crippen LogP contribution >= 0.6 is 27.5 Å². The van der Waals surface area contributed by atoms with Crippen molar-refractivity contribution in [3.63, 3.8) is 0 Å². The van der Waals surface area contributed by atoms with E-state index in [0.717, 1.165) is 21.5 Å². The Hall–Kier alpha value is -1.23. The van der Waals surface area contributed by atoms with Gasteiger partial charge in [0.05, 0.1) is 11.6 Å². The summed E-state index contributed by atoms with van der Waals surface area (Å²) < 4.78 is 6.25. The van der Waals surface area contributed by atoms with Gasteiger partial charge in [-0.2, -0.15) is 0 Å². The lowest BCUT2D eigenvalue weighted by Crippen LogP contribution is -2.21. The summed E-state index contributed by atoms with van der Waals surface area (Å²) in [6.45, 7) is 0.552. The van der Waals surface area contributed by atoms with E-state index in [1.54, 1.807) is 7.11 Å². The van der Waals surface area contributed by atoms with Gasteiger partial charge in [-0.25, -0.2) is 5.43 Å². The second kappa shape index (κ2) is 6.80. The smallest absolute Gasteiger partial charge is 0.139 e. The van der Waals surface area contributed by atoms with Crippen molar-refractivity contribution >= 4 is 33.2 Å². The zero-order chi connectivity index (χ0) is 13.7. The van der Waals surface area contributed by atoms with E-state index in [1.807, 2.05) is 42.5 Å². The van der Waals surface area contributed by atoms with E-state index in [4.69, 9.17) is 16.3 Å². The van der Waals surface area contributed by atoms with Crippen molar-refractivity contribution < 1.29 is 4.74 Å². The van der Waals surface area contributed by atoms with Gasteiger partial charge in [0.1, 0.15) is 5.75 Å². The first-order valence-corrected chi connectivity index (χ1v) is 6.94. The maximum Gasteiger partial charge on any atom is 0.139 e. The number of halogens is 2. The van der Waals surface area contributed by atoms with Gasteiger partial charge in [-0.15, -0.1) is 0 Å². The van der Waals surface area contributed by atoms with E-state index in [1.165, 1.54) is 0 Å². The van der Waals surface area contributed by atoms with Crippen molar-refractivity contribution in [2.24, 2.45) is 0 Å². The molecule has 100 valence electrons. The third kappa shape index (κ3) is 3.62. The molecular weight excluding hydrogens is 328 g/mol. The number of methoxy groups -OCH3 is 1. The molecule has 19 heavy (non-hydrogen) atoms. The van der Waals surface area contributed by atoms with Crippen LogP contribution in [0.2, 0.25) is 5.02 Å². The zero-order valence-electron chi connectivity index (χ0n) is 10.4. The number of hydrazine groups is 1. The standard InChI is InChI=1S/C14H14BrClN2O/c1-19-14-11(13(16)8-7-12(14)15)9-17-18-10-5-3-2-4-6-10/h2-8,17-18H,9H2,1H3. The molecule has 2 aromatic carbocycles. The fraction of sp³-hybridized carbons (Fsp3) is 0.143. The minimum atomic E-state index is 0.552. The molecule has 2 N–H and O–H groups in total. The van der Waals surface area contributed by atoms with Crippen LogP contribution in [0.15, 0.2) is 46.9 Å². The molecule has 0 amide bonds. The predicted molar refractivity (Wildman–Crippen MR) is 82.6 cm³/mol. The first-order valence-electron chi connectivity index (χ1n) is 5.77. The van der Waals surface area contributed by atoms with Crippen LogP contribution in [0.4, 0.5) is 5.69 Å². The molecule has 0 radical (unpaired) electrons. The monoisotopic (exact) mass is 340 g/mol. The summed E-state index contributed by atoms with van der Waals surface area (Å²) in [5.74, 6) is 0.745. The number of ether oxygens (including phenoxy) is 1. The maximum absolute atomic E-state index is 6.19. The molecule has 0 aromatic heterocycles. The highest BCUT2D eigenvalue weighted by molar-refractivity contribution is 9.10. The highest BCUT2D eigenvalue weighted by Gasteiger charge is 2.11. The summed E-state index contributed by atoms with van der Waals surface area (Å²) >= 11 is 9.64. The van der Waals surface area contributed by atoms with Gasteiger partial charge in [0.25, 0.3) is 0 Å². The minimum absolute atomic E-state index is 0.552. The second-order valence-electron chi connectivity index (χ2n) is 3.89. The topological polar surface area (TPSA) is 33.3 Å². The van der Waals surface area contributed by atoms with Crippen LogP contribution in [0.3, 0.4) is 0 Å². The fourth-order valence-electron chi connectivity index (χ4n) is 1.72. The normalized spacial score (nSPS) is 10.3. The van der Waals surface area contributed by atoms with E-state index >= 15 is 0 Å². The minimum Gasteiger partial charge on any atom is -0.495 e. The number of benzene rings is 2. The fourth-order valence-corrected chi connectivity index (χ4v) is 2.47. The van der Waals surface area contributed by atoms with E-state index < -0.39 is 0 Å². The summed E-state index contributed by atoms with van der Waals surface area (Å²) in [7, 11) is 1.63. The van der Waals surface area contributed by atoms with Crippen molar-refractivity contribution in [1.29, 1.82) is 0 Å². The van der Waals surface area contributed by atoms with Crippen LogP contribution in [0.1, 0.15) is 5.56 Å². The third-order valence-corrected chi connectivity index (χ3v) is 3.61. The third-order valence-electron chi connectivity index (χ3n) is 2.63. The Bertz CT molecular complexity index is 549. The van der Waals surface area contributed by atoms with Crippen molar-refractivity contribution in [3.8, 4) is 5.75 Å². The maximum atomic E-state index is 6.19. The molecule has 0 fully saturated rings. The van der Waals surface area contributed by atoms with Gasteiger partial charge in [0.15, 0.2) is 0 Å². The Balaban J connectivity index is 2.05. The first-order chi connectivity index (χ1) is 9.22. The number of anilines is 1. The van der Waals surface area contributed by atoms with Crippen LogP contribution in [0, 0.1) is 0 Å². The Morgan fingerprint density at radius 2 is 1.89 bits per heavy atom. The molecule has 0 saturated carbocycles. The summed E-state index contributed by atoms with van der Waals surface area (Å²) in [6.07, 6.45) is 0. The van der Waals surface area contributed by atoms with Crippen molar-refractivity contribution in [2.45, 2.75) is 6.54 Å². The summed E-state index contributed by atoms with van der Waals surface area (Å²) in [5.41, 5.74) is 8.13. The van der Waals surface area contributed by atoms with Gasteiger partial charge >= 0.3 is 0 Å². The molecule has 0 heterocycles. The van der Waals surface area contributed by atoms with Crippen LogP contribution < -0.4 is 15.6 Å². The number of para-hydroxylation sites is 1. The van der Waals surface area contributed by atoms with Crippen molar-refractivity contribution in [3.05, 3.63) is 57.5 Å². The van der Waals surface area contributed by atoms with Crippen LogP contribution in [0.25, 0.3) is 0 Å². The van der Waals surface area contributed by atoms with E-state index in [-0.39, 0.29) is 0 Å².